The molecule has 0 spiro atoms. The number of nitro benzene ring substituents is 1. The van der Waals surface area contributed by atoms with Crippen LogP contribution in [0.25, 0.3) is 0 Å². The minimum atomic E-state index is -1.33. The largest absolute Gasteiger partial charge is 0.496 e. The van der Waals surface area contributed by atoms with Gasteiger partial charge in [-0.1, -0.05) is 0 Å². The molecule has 0 fully saturated rings. The van der Waals surface area contributed by atoms with Crippen molar-refractivity contribution in [3.05, 3.63) is 58.1 Å². The van der Waals surface area contributed by atoms with E-state index in [4.69, 9.17) is 10.5 Å². The van der Waals surface area contributed by atoms with Crippen molar-refractivity contribution in [2.75, 3.05) is 12.8 Å². The molecule has 0 saturated carbocycles. The smallest absolute Gasteiger partial charge is 0.269 e. The molecule has 0 radical (unpaired) electrons. The first-order chi connectivity index (χ1) is 10.0. The van der Waals surface area contributed by atoms with Crippen molar-refractivity contribution in [3.8, 4) is 5.75 Å². The van der Waals surface area contributed by atoms with Crippen LogP contribution in [-0.2, 0) is 16.6 Å². The molecule has 2 N–H and O–H groups in total. The van der Waals surface area contributed by atoms with E-state index in [0.29, 0.717) is 16.3 Å². The van der Waals surface area contributed by atoms with Gasteiger partial charge >= 0.3 is 0 Å². The fraction of sp³-hybridized carbons (Fsp3) is 0.143. The maximum Gasteiger partial charge on any atom is 0.269 e. The van der Waals surface area contributed by atoms with Gasteiger partial charge in [0.2, 0.25) is 0 Å². The molecule has 2 aromatic carbocycles. The van der Waals surface area contributed by atoms with Gasteiger partial charge in [-0.2, -0.15) is 0 Å². The highest BCUT2D eigenvalue weighted by atomic mass is 32.2. The van der Waals surface area contributed by atoms with Crippen LogP contribution in [0.2, 0.25) is 0 Å². The van der Waals surface area contributed by atoms with Gasteiger partial charge in [-0.3, -0.25) is 14.3 Å². The Hall–Kier alpha value is -2.41. The number of nitro groups is 1. The summed E-state index contributed by atoms with van der Waals surface area (Å²) < 4.78 is 17.5. The summed E-state index contributed by atoms with van der Waals surface area (Å²) in [5.74, 6) is 0.839. The van der Waals surface area contributed by atoms with Gasteiger partial charge in [-0.25, -0.2) is 0 Å². The second-order valence-electron chi connectivity index (χ2n) is 4.31. The number of hydrogen-bond donors (Lipinski definition) is 1. The number of rotatable bonds is 5. The minimum Gasteiger partial charge on any atom is -0.496 e. The number of nitrogens with zero attached hydrogens (tertiary/aromatic N) is 1. The number of methoxy groups -OCH3 is 1. The molecule has 21 heavy (non-hydrogen) atoms. The topological polar surface area (TPSA) is 95.5 Å². The third-order valence-corrected chi connectivity index (χ3v) is 4.27. The van der Waals surface area contributed by atoms with E-state index in [2.05, 4.69) is 0 Å². The molecule has 0 amide bonds. The lowest BCUT2D eigenvalue weighted by Crippen LogP contribution is -2.00. The summed E-state index contributed by atoms with van der Waals surface area (Å²) in [4.78, 5) is 10.6. The quantitative estimate of drug-likeness (QED) is 0.520. The zero-order chi connectivity index (χ0) is 15.4. The Bertz CT molecular complexity index is 686. The van der Waals surface area contributed by atoms with E-state index >= 15 is 0 Å². The summed E-state index contributed by atoms with van der Waals surface area (Å²) in [5, 5.41) is 10.6. The van der Waals surface area contributed by atoms with E-state index in [1.807, 2.05) is 0 Å². The van der Waals surface area contributed by atoms with Crippen molar-refractivity contribution in [1.29, 1.82) is 0 Å². The molecule has 0 aromatic heterocycles. The first kappa shape index (κ1) is 15.0. The van der Waals surface area contributed by atoms with Gasteiger partial charge in [0.25, 0.3) is 5.69 Å². The number of benzene rings is 2. The average Bonchev–Trinajstić information content (AvgIpc) is 2.47. The molecule has 0 aliphatic heterocycles. The maximum absolute atomic E-state index is 12.3. The van der Waals surface area contributed by atoms with E-state index in [1.54, 1.807) is 18.2 Å². The fourth-order valence-electron chi connectivity index (χ4n) is 1.86. The predicted octanol–water partition coefficient (Wildman–Crippen LogP) is 2.49. The van der Waals surface area contributed by atoms with E-state index in [1.165, 1.54) is 31.4 Å². The molecule has 0 bridgehead atoms. The molecular formula is C14H14N2O4S. The SMILES string of the molecule is COc1ccc(N)cc1CS(=O)c1ccc([N+](=O)[O-])cc1. The third-order valence-electron chi connectivity index (χ3n) is 2.90. The number of nitrogens with two attached hydrogens (primary N) is 1. The molecular weight excluding hydrogens is 292 g/mol. The van der Waals surface area contributed by atoms with Gasteiger partial charge in [0.1, 0.15) is 5.75 Å². The van der Waals surface area contributed by atoms with Crippen molar-refractivity contribution in [2.45, 2.75) is 10.6 Å². The fourth-order valence-corrected chi connectivity index (χ4v) is 2.97. The summed E-state index contributed by atoms with van der Waals surface area (Å²) in [7, 11) is 0.197. The van der Waals surface area contributed by atoms with Gasteiger partial charge in [0.05, 0.1) is 28.6 Å². The Labute approximate surface area is 124 Å². The Kier molecular flexibility index (Phi) is 4.54. The zero-order valence-corrected chi connectivity index (χ0v) is 12.1. The summed E-state index contributed by atoms with van der Waals surface area (Å²) in [6, 6.07) is 10.8. The maximum atomic E-state index is 12.3. The lowest BCUT2D eigenvalue weighted by molar-refractivity contribution is -0.384. The molecule has 1 unspecified atom stereocenters. The normalized spacial score (nSPS) is 11.9. The molecule has 6 nitrogen and oxygen atoms in total. The van der Waals surface area contributed by atoms with Crippen molar-refractivity contribution < 1.29 is 13.9 Å². The standard InChI is InChI=1S/C14H14N2O4S/c1-20-14-7-2-11(15)8-10(14)9-21(19)13-5-3-12(4-6-13)16(17)18/h2-8H,9,15H2,1H3. The zero-order valence-electron chi connectivity index (χ0n) is 11.3. The summed E-state index contributed by atoms with van der Waals surface area (Å²) in [5.41, 5.74) is 6.98. The average molecular weight is 306 g/mol. The van der Waals surface area contributed by atoms with Crippen LogP contribution in [0.3, 0.4) is 0 Å². The summed E-state index contributed by atoms with van der Waals surface area (Å²) >= 11 is 0. The van der Waals surface area contributed by atoms with Crippen LogP contribution >= 0.6 is 0 Å². The van der Waals surface area contributed by atoms with Crippen LogP contribution in [0.4, 0.5) is 11.4 Å². The molecule has 110 valence electrons. The second-order valence-corrected chi connectivity index (χ2v) is 5.76. The lowest BCUT2D eigenvalue weighted by atomic mass is 10.2. The first-order valence-corrected chi connectivity index (χ1v) is 7.38. The van der Waals surface area contributed by atoms with E-state index in [-0.39, 0.29) is 11.4 Å². The van der Waals surface area contributed by atoms with Gasteiger partial charge in [-0.05, 0) is 30.3 Å². The van der Waals surface area contributed by atoms with Crippen LogP contribution in [0, 0.1) is 10.1 Å². The third kappa shape index (κ3) is 3.57. The van der Waals surface area contributed by atoms with Gasteiger partial charge in [0.15, 0.2) is 0 Å². The van der Waals surface area contributed by atoms with Crippen LogP contribution < -0.4 is 10.5 Å². The Morgan fingerprint density at radius 1 is 1.24 bits per heavy atom. The molecule has 0 aliphatic carbocycles. The molecule has 1 atom stereocenters. The second kappa shape index (κ2) is 6.36. The molecule has 0 saturated heterocycles. The van der Waals surface area contributed by atoms with Crippen LogP contribution in [0.1, 0.15) is 5.56 Å². The Balaban J connectivity index is 2.21. The Morgan fingerprint density at radius 3 is 2.48 bits per heavy atom. The van der Waals surface area contributed by atoms with Gasteiger partial charge in [-0.15, -0.1) is 0 Å². The van der Waals surface area contributed by atoms with E-state index in [0.717, 1.165) is 5.56 Å². The van der Waals surface area contributed by atoms with Crippen molar-refractivity contribution in [3.63, 3.8) is 0 Å². The highest BCUT2D eigenvalue weighted by molar-refractivity contribution is 7.84. The van der Waals surface area contributed by atoms with Crippen LogP contribution in [0.5, 0.6) is 5.75 Å². The van der Waals surface area contributed by atoms with Crippen molar-refractivity contribution in [2.24, 2.45) is 0 Å². The van der Waals surface area contributed by atoms with Crippen LogP contribution in [-0.4, -0.2) is 16.2 Å². The molecule has 7 heteroatoms. The van der Waals surface area contributed by atoms with Gasteiger partial charge in [0, 0.05) is 28.3 Å². The predicted molar refractivity (Wildman–Crippen MR) is 80.6 cm³/mol. The van der Waals surface area contributed by atoms with E-state index in [9.17, 15) is 14.3 Å². The Morgan fingerprint density at radius 2 is 1.90 bits per heavy atom. The first-order valence-electron chi connectivity index (χ1n) is 6.06. The molecule has 2 aromatic rings. The number of hydrogen-bond acceptors (Lipinski definition) is 5. The number of ether oxygens (including phenoxy) is 1. The molecule has 0 heterocycles. The molecule has 0 aliphatic rings. The number of anilines is 1. The highest BCUT2D eigenvalue weighted by Gasteiger charge is 2.12. The summed E-state index contributed by atoms with van der Waals surface area (Å²) in [6.07, 6.45) is 0. The van der Waals surface area contributed by atoms with Crippen molar-refractivity contribution in [1.82, 2.24) is 0 Å². The number of non-ortho nitro benzene ring substituents is 1. The number of nitrogen functional groups attached to an aromatic ring is 1. The minimum absolute atomic E-state index is 0.0303. The highest BCUT2D eigenvalue weighted by Crippen LogP contribution is 2.25. The van der Waals surface area contributed by atoms with Crippen molar-refractivity contribution >= 4 is 22.2 Å². The van der Waals surface area contributed by atoms with Gasteiger partial charge < -0.3 is 10.5 Å². The van der Waals surface area contributed by atoms with Crippen LogP contribution in [0.15, 0.2) is 47.4 Å². The molecule has 2 rings (SSSR count). The van der Waals surface area contributed by atoms with E-state index < -0.39 is 15.7 Å². The summed E-state index contributed by atoms with van der Waals surface area (Å²) in [6.45, 7) is 0. The lowest BCUT2D eigenvalue weighted by Gasteiger charge is -2.09. The monoisotopic (exact) mass is 306 g/mol.